The molecule has 2 aromatic heterocycles. The van der Waals surface area contributed by atoms with Crippen LogP contribution in [0.1, 0.15) is 31.7 Å². The summed E-state index contributed by atoms with van der Waals surface area (Å²) in [6.45, 7) is 3.34. The van der Waals surface area contributed by atoms with Crippen molar-refractivity contribution in [2.45, 2.75) is 39.3 Å². The van der Waals surface area contributed by atoms with Crippen molar-refractivity contribution in [1.29, 1.82) is 0 Å². The molecule has 0 unspecified atom stereocenters. The minimum Gasteiger partial charge on any atom is -0.497 e. The van der Waals surface area contributed by atoms with E-state index in [1.807, 2.05) is 28.8 Å². The van der Waals surface area contributed by atoms with E-state index < -0.39 is 11.2 Å². The molecule has 1 aromatic carbocycles. The van der Waals surface area contributed by atoms with Gasteiger partial charge in [-0.15, -0.1) is 0 Å². The zero-order valence-corrected chi connectivity index (χ0v) is 15.9. The van der Waals surface area contributed by atoms with Crippen LogP contribution in [0.15, 0.2) is 33.9 Å². The molecule has 0 aliphatic heterocycles. The summed E-state index contributed by atoms with van der Waals surface area (Å²) in [5, 5.41) is 3.30. The van der Waals surface area contributed by atoms with E-state index in [4.69, 9.17) is 4.74 Å². The van der Waals surface area contributed by atoms with Crippen molar-refractivity contribution in [3.63, 3.8) is 0 Å². The maximum absolute atomic E-state index is 12.4. The fourth-order valence-corrected chi connectivity index (χ4v) is 3.03. The summed E-state index contributed by atoms with van der Waals surface area (Å²) in [6.07, 6.45) is 3.07. The lowest BCUT2D eigenvalue weighted by Gasteiger charge is -2.10. The van der Waals surface area contributed by atoms with Crippen LogP contribution in [0.5, 0.6) is 5.75 Å². The van der Waals surface area contributed by atoms with E-state index in [1.165, 1.54) is 4.57 Å². The summed E-state index contributed by atoms with van der Waals surface area (Å²) < 4.78 is 8.41. The molecule has 27 heavy (non-hydrogen) atoms. The number of nitrogens with zero attached hydrogens (tertiary/aromatic N) is 3. The highest BCUT2D eigenvalue weighted by Gasteiger charge is 2.16. The van der Waals surface area contributed by atoms with Gasteiger partial charge in [-0.25, -0.2) is 4.79 Å². The zero-order valence-electron chi connectivity index (χ0n) is 15.9. The molecule has 0 saturated heterocycles. The van der Waals surface area contributed by atoms with Gasteiger partial charge in [-0.2, -0.15) is 4.98 Å². The van der Waals surface area contributed by atoms with Crippen molar-refractivity contribution in [2.24, 2.45) is 7.05 Å². The number of aromatic amines is 1. The fraction of sp³-hybridized carbons (Fsp3) is 0.421. The number of hydrogen-bond donors (Lipinski definition) is 2. The maximum atomic E-state index is 12.4. The quantitative estimate of drug-likeness (QED) is 0.592. The predicted octanol–water partition coefficient (Wildman–Crippen LogP) is 2.23. The number of rotatable bonds is 8. The second-order valence-corrected chi connectivity index (χ2v) is 6.49. The summed E-state index contributed by atoms with van der Waals surface area (Å²) in [7, 11) is 3.24. The molecule has 2 N–H and O–H groups in total. The van der Waals surface area contributed by atoms with Gasteiger partial charge in [-0.05, 0) is 24.1 Å². The number of anilines is 1. The van der Waals surface area contributed by atoms with Crippen molar-refractivity contribution in [3.8, 4) is 5.75 Å². The molecule has 0 bridgehead atoms. The van der Waals surface area contributed by atoms with E-state index in [1.54, 1.807) is 14.2 Å². The van der Waals surface area contributed by atoms with Gasteiger partial charge < -0.3 is 14.6 Å². The molecule has 0 spiro atoms. The highest BCUT2D eigenvalue weighted by Crippen LogP contribution is 2.18. The molecule has 0 radical (unpaired) electrons. The third kappa shape index (κ3) is 3.89. The maximum Gasteiger partial charge on any atom is 0.329 e. The number of hydrogen-bond acceptors (Lipinski definition) is 5. The predicted molar refractivity (Wildman–Crippen MR) is 105 cm³/mol. The van der Waals surface area contributed by atoms with Gasteiger partial charge in [0.2, 0.25) is 5.95 Å². The SMILES string of the molecule is CCCCCn1c(NCc2ccc(OC)cc2)nc2c1c(=O)[nH]c(=O)n2C. The van der Waals surface area contributed by atoms with E-state index in [-0.39, 0.29) is 0 Å². The average Bonchev–Trinajstić information content (AvgIpc) is 3.04. The molecule has 8 nitrogen and oxygen atoms in total. The first-order valence-corrected chi connectivity index (χ1v) is 9.11. The normalized spacial score (nSPS) is 11.1. The van der Waals surface area contributed by atoms with Gasteiger partial charge in [-0.3, -0.25) is 14.3 Å². The number of methoxy groups -OCH3 is 1. The van der Waals surface area contributed by atoms with Gasteiger partial charge in [-0.1, -0.05) is 31.9 Å². The lowest BCUT2D eigenvalue weighted by Crippen LogP contribution is -2.29. The Bertz CT molecular complexity index is 1030. The fourth-order valence-electron chi connectivity index (χ4n) is 3.03. The first kappa shape index (κ1) is 18.8. The van der Waals surface area contributed by atoms with Crippen molar-refractivity contribution < 1.29 is 4.74 Å². The van der Waals surface area contributed by atoms with Crippen LogP contribution in [-0.4, -0.2) is 26.2 Å². The number of unbranched alkanes of at least 4 members (excludes halogenated alkanes) is 2. The molecule has 0 fully saturated rings. The highest BCUT2D eigenvalue weighted by molar-refractivity contribution is 5.74. The summed E-state index contributed by atoms with van der Waals surface area (Å²) in [5.41, 5.74) is 0.996. The Morgan fingerprint density at radius 3 is 2.59 bits per heavy atom. The first-order valence-electron chi connectivity index (χ1n) is 9.11. The van der Waals surface area contributed by atoms with E-state index in [2.05, 4.69) is 22.2 Å². The molecule has 0 atom stereocenters. The second-order valence-electron chi connectivity index (χ2n) is 6.49. The number of aryl methyl sites for hydroxylation is 2. The molecule has 3 aromatic rings. The Labute approximate surface area is 156 Å². The Morgan fingerprint density at radius 1 is 1.19 bits per heavy atom. The van der Waals surface area contributed by atoms with Crippen molar-refractivity contribution >= 4 is 17.1 Å². The number of aromatic nitrogens is 4. The summed E-state index contributed by atoms with van der Waals surface area (Å²) in [6, 6.07) is 7.74. The van der Waals surface area contributed by atoms with E-state index in [9.17, 15) is 9.59 Å². The van der Waals surface area contributed by atoms with Crippen LogP contribution in [0.2, 0.25) is 0 Å². The summed E-state index contributed by atoms with van der Waals surface area (Å²) in [4.78, 5) is 31.2. The number of ether oxygens (including phenoxy) is 1. The second kappa shape index (κ2) is 8.11. The lowest BCUT2D eigenvalue weighted by atomic mass is 10.2. The third-order valence-corrected chi connectivity index (χ3v) is 4.60. The van der Waals surface area contributed by atoms with Crippen molar-refractivity contribution in [2.75, 3.05) is 12.4 Å². The summed E-state index contributed by atoms with van der Waals surface area (Å²) >= 11 is 0. The van der Waals surface area contributed by atoms with Crippen LogP contribution < -0.4 is 21.3 Å². The average molecular weight is 371 g/mol. The Balaban J connectivity index is 1.95. The van der Waals surface area contributed by atoms with Crippen LogP contribution in [0.25, 0.3) is 11.2 Å². The third-order valence-electron chi connectivity index (χ3n) is 4.60. The standard InChI is InChI=1S/C19H25N5O3/c1-4-5-6-11-24-15-16(23(2)19(26)22-17(15)25)21-18(24)20-12-13-7-9-14(27-3)10-8-13/h7-10H,4-6,11-12H2,1-3H3,(H,20,21)(H,22,25,26). The van der Waals surface area contributed by atoms with Crippen molar-refractivity contribution in [3.05, 3.63) is 50.7 Å². The van der Waals surface area contributed by atoms with Crippen LogP contribution in [-0.2, 0) is 20.1 Å². The van der Waals surface area contributed by atoms with E-state index in [0.29, 0.717) is 30.2 Å². The minimum absolute atomic E-state index is 0.387. The molecule has 2 heterocycles. The van der Waals surface area contributed by atoms with Crippen LogP contribution >= 0.6 is 0 Å². The summed E-state index contributed by atoms with van der Waals surface area (Å²) in [5.74, 6) is 1.38. The van der Waals surface area contributed by atoms with E-state index >= 15 is 0 Å². The molecule has 144 valence electrons. The molecule has 0 aliphatic rings. The number of fused-ring (bicyclic) bond motifs is 1. The van der Waals surface area contributed by atoms with Gasteiger partial charge in [0.05, 0.1) is 7.11 Å². The Kier molecular flexibility index (Phi) is 5.63. The van der Waals surface area contributed by atoms with Crippen LogP contribution in [0.3, 0.4) is 0 Å². The van der Waals surface area contributed by atoms with Crippen LogP contribution in [0, 0.1) is 0 Å². The van der Waals surface area contributed by atoms with Crippen molar-refractivity contribution in [1.82, 2.24) is 19.1 Å². The molecule has 3 rings (SSSR count). The highest BCUT2D eigenvalue weighted by atomic mass is 16.5. The van der Waals surface area contributed by atoms with Gasteiger partial charge in [0.15, 0.2) is 11.2 Å². The largest absolute Gasteiger partial charge is 0.497 e. The van der Waals surface area contributed by atoms with Gasteiger partial charge >= 0.3 is 5.69 Å². The molecule has 0 aliphatic carbocycles. The first-order chi connectivity index (χ1) is 13.0. The molecule has 8 heteroatoms. The monoisotopic (exact) mass is 371 g/mol. The molecular weight excluding hydrogens is 346 g/mol. The number of benzene rings is 1. The Hall–Kier alpha value is -3.03. The number of imidazole rings is 1. The minimum atomic E-state index is -0.465. The zero-order chi connectivity index (χ0) is 19.4. The van der Waals surface area contributed by atoms with E-state index in [0.717, 1.165) is 30.6 Å². The topological polar surface area (TPSA) is 93.9 Å². The number of nitrogens with one attached hydrogen (secondary N) is 2. The Morgan fingerprint density at radius 2 is 1.93 bits per heavy atom. The number of H-pyrrole nitrogens is 1. The van der Waals surface area contributed by atoms with Gasteiger partial charge in [0, 0.05) is 20.1 Å². The molecular formula is C19H25N5O3. The van der Waals surface area contributed by atoms with Gasteiger partial charge in [0.1, 0.15) is 5.75 Å². The van der Waals surface area contributed by atoms with Gasteiger partial charge in [0.25, 0.3) is 5.56 Å². The molecule has 0 amide bonds. The molecule has 0 saturated carbocycles. The van der Waals surface area contributed by atoms with Crippen LogP contribution in [0.4, 0.5) is 5.95 Å². The smallest absolute Gasteiger partial charge is 0.329 e. The lowest BCUT2D eigenvalue weighted by molar-refractivity contribution is 0.414.